The van der Waals surface area contributed by atoms with Crippen LogP contribution in [0.15, 0.2) is 35.1 Å². The fourth-order valence-electron chi connectivity index (χ4n) is 3.32. The molecule has 26 heavy (non-hydrogen) atoms. The maximum absolute atomic E-state index is 12.8. The molecule has 3 rings (SSSR count). The predicted molar refractivity (Wildman–Crippen MR) is 98.1 cm³/mol. The van der Waals surface area contributed by atoms with Crippen LogP contribution in [-0.2, 0) is 24.2 Å². The van der Waals surface area contributed by atoms with Gasteiger partial charge in [-0.15, -0.1) is 0 Å². The van der Waals surface area contributed by atoms with Gasteiger partial charge in [0.1, 0.15) is 17.2 Å². The van der Waals surface area contributed by atoms with Crippen molar-refractivity contribution >= 4 is 11.7 Å². The fraction of sp³-hybridized carbons (Fsp3) is 0.350. The maximum Gasteiger partial charge on any atom is 0.342 e. The van der Waals surface area contributed by atoms with Crippen LogP contribution in [0, 0.1) is 11.3 Å². The first kappa shape index (κ1) is 17.7. The van der Waals surface area contributed by atoms with Crippen molar-refractivity contribution < 1.29 is 9.53 Å². The Morgan fingerprint density at radius 2 is 2.08 bits per heavy atom. The molecule has 0 unspecified atom stereocenters. The van der Waals surface area contributed by atoms with E-state index in [1.54, 1.807) is 11.5 Å². The molecule has 2 aromatic rings. The van der Waals surface area contributed by atoms with Crippen LogP contribution in [0.3, 0.4) is 0 Å². The Kier molecular flexibility index (Phi) is 5.37. The summed E-state index contributed by atoms with van der Waals surface area (Å²) in [7, 11) is 0. The standard InChI is InChI=1S/C20H21N3O3/c1-2-26-20(25)17-16-10-6-7-11-23(16)19(24)15(12-21)18(17)22-13-14-8-4-3-5-9-14/h3-5,8-9,22H,2,6-7,10-11,13H2,1H3. The van der Waals surface area contributed by atoms with Gasteiger partial charge in [0.25, 0.3) is 5.56 Å². The summed E-state index contributed by atoms with van der Waals surface area (Å²) in [5, 5.41) is 12.7. The Labute approximate surface area is 152 Å². The smallest absolute Gasteiger partial charge is 0.342 e. The van der Waals surface area contributed by atoms with Crippen LogP contribution in [0.1, 0.15) is 46.9 Å². The molecule has 1 aromatic heterocycles. The topological polar surface area (TPSA) is 84.1 Å². The largest absolute Gasteiger partial charge is 0.462 e. The lowest BCUT2D eigenvalue weighted by molar-refractivity contribution is 0.0524. The molecule has 0 aliphatic carbocycles. The number of pyridine rings is 1. The first-order chi connectivity index (χ1) is 12.7. The molecule has 134 valence electrons. The highest BCUT2D eigenvalue weighted by Crippen LogP contribution is 2.27. The van der Waals surface area contributed by atoms with Crippen molar-refractivity contribution in [2.24, 2.45) is 0 Å². The number of anilines is 1. The highest BCUT2D eigenvalue weighted by molar-refractivity contribution is 5.98. The minimum absolute atomic E-state index is 0.0327. The second kappa shape index (κ2) is 7.87. The van der Waals surface area contributed by atoms with E-state index in [0.717, 1.165) is 18.4 Å². The lowest BCUT2D eigenvalue weighted by atomic mass is 9.99. The number of aromatic nitrogens is 1. The third kappa shape index (κ3) is 3.33. The zero-order valence-corrected chi connectivity index (χ0v) is 14.7. The van der Waals surface area contributed by atoms with E-state index in [4.69, 9.17) is 4.74 Å². The summed E-state index contributed by atoms with van der Waals surface area (Å²) >= 11 is 0. The Morgan fingerprint density at radius 3 is 2.77 bits per heavy atom. The van der Waals surface area contributed by atoms with Gasteiger partial charge in [0, 0.05) is 18.8 Å². The predicted octanol–water partition coefficient (Wildman–Crippen LogP) is 2.85. The highest BCUT2D eigenvalue weighted by atomic mass is 16.5. The zero-order chi connectivity index (χ0) is 18.5. The van der Waals surface area contributed by atoms with Crippen LogP contribution in [0.2, 0.25) is 0 Å². The molecule has 1 aromatic carbocycles. The monoisotopic (exact) mass is 351 g/mol. The first-order valence-electron chi connectivity index (χ1n) is 8.82. The molecule has 0 atom stereocenters. The quantitative estimate of drug-likeness (QED) is 0.838. The number of fused-ring (bicyclic) bond motifs is 1. The third-order valence-electron chi connectivity index (χ3n) is 4.52. The lowest BCUT2D eigenvalue weighted by Gasteiger charge is -2.24. The number of ether oxygens (including phenoxy) is 1. The number of carbonyl (C=O) groups excluding carboxylic acids is 1. The second-order valence-electron chi connectivity index (χ2n) is 6.16. The number of rotatable bonds is 5. The zero-order valence-electron chi connectivity index (χ0n) is 14.7. The van der Waals surface area contributed by atoms with E-state index in [-0.39, 0.29) is 23.4 Å². The summed E-state index contributed by atoms with van der Waals surface area (Å²) in [6.45, 7) is 2.90. The summed E-state index contributed by atoms with van der Waals surface area (Å²) in [4.78, 5) is 25.4. The molecular formula is C20H21N3O3. The van der Waals surface area contributed by atoms with Crippen LogP contribution in [0.5, 0.6) is 0 Å². The van der Waals surface area contributed by atoms with E-state index in [9.17, 15) is 14.9 Å². The summed E-state index contributed by atoms with van der Waals surface area (Å²) < 4.78 is 6.78. The number of nitriles is 1. The molecule has 2 heterocycles. The van der Waals surface area contributed by atoms with Crippen molar-refractivity contribution in [1.82, 2.24) is 4.57 Å². The van der Waals surface area contributed by atoms with Crippen molar-refractivity contribution in [2.45, 2.75) is 39.3 Å². The molecule has 1 aliphatic heterocycles. The Balaban J connectivity index is 2.13. The molecule has 6 nitrogen and oxygen atoms in total. The number of nitrogens with zero attached hydrogens (tertiary/aromatic N) is 2. The van der Waals surface area contributed by atoms with Crippen LogP contribution >= 0.6 is 0 Å². The fourth-order valence-corrected chi connectivity index (χ4v) is 3.32. The Bertz CT molecular complexity index is 911. The highest BCUT2D eigenvalue weighted by Gasteiger charge is 2.28. The van der Waals surface area contributed by atoms with Crippen molar-refractivity contribution in [3.8, 4) is 6.07 Å². The van der Waals surface area contributed by atoms with E-state index < -0.39 is 5.97 Å². The average Bonchev–Trinajstić information content (AvgIpc) is 2.67. The molecular weight excluding hydrogens is 330 g/mol. The Morgan fingerprint density at radius 1 is 1.31 bits per heavy atom. The van der Waals surface area contributed by atoms with Crippen LogP contribution in [0.4, 0.5) is 5.69 Å². The first-order valence-corrected chi connectivity index (χ1v) is 8.82. The SMILES string of the molecule is CCOC(=O)c1c(NCc2ccccc2)c(C#N)c(=O)n2c1CCCC2. The van der Waals surface area contributed by atoms with Gasteiger partial charge >= 0.3 is 5.97 Å². The minimum Gasteiger partial charge on any atom is -0.462 e. The van der Waals surface area contributed by atoms with E-state index in [0.29, 0.717) is 30.8 Å². The van der Waals surface area contributed by atoms with Gasteiger partial charge in [-0.05, 0) is 31.7 Å². The minimum atomic E-state index is -0.495. The van der Waals surface area contributed by atoms with E-state index in [1.807, 2.05) is 36.4 Å². The van der Waals surface area contributed by atoms with Crippen LogP contribution in [-0.4, -0.2) is 17.1 Å². The van der Waals surface area contributed by atoms with Gasteiger partial charge in [-0.1, -0.05) is 30.3 Å². The molecule has 6 heteroatoms. The summed E-state index contributed by atoms with van der Waals surface area (Å²) in [6, 6.07) is 11.6. The van der Waals surface area contributed by atoms with Gasteiger partial charge in [0.05, 0.1) is 12.3 Å². The lowest BCUT2D eigenvalue weighted by Crippen LogP contribution is -2.33. The van der Waals surface area contributed by atoms with Crippen molar-refractivity contribution in [3.05, 3.63) is 63.1 Å². The molecule has 0 saturated carbocycles. The average molecular weight is 351 g/mol. The van der Waals surface area contributed by atoms with Crippen molar-refractivity contribution in [1.29, 1.82) is 5.26 Å². The van der Waals surface area contributed by atoms with E-state index in [1.165, 1.54) is 0 Å². The van der Waals surface area contributed by atoms with Crippen LogP contribution < -0.4 is 10.9 Å². The number of hydrogen-bond donors (Lipinski definition) is 1. The number of hydrogen-bond acceptors (Lipinski definition) is 5. The molecule has 0 fully saturated rings. The number of benzene rings is 1. The van der Waals surface area contributed by atoms with Gasteiger partial charge in [-0.25, -0.2) is 4.79 Å². The normalized spacial score (nSPS) is 12.8. The van der Waals surface area contributed by atoms with Gasteiger partial charge in [-0.3, -0.25) is 4.79 Å². The van der Waals surface area contributed by atoms with Gasteiger partial charge in [0.2, 0.25) is 0 Å². The molecule has 0 bridgehead atoms. The van der Waals surface area contributed by atoms with Gasteiger partial charge in [0.15, 0.2) is 0 Å². The summed E-state index contributed by atoms with van der Waals surface area (Å²) in [5.41, 5.74) is 1.88. The van der Waals surface area contributed by atoms with Gasteiger partial charge < -0.3 is 14.6 Å². The number of nitrogens with one attached hydrogen (secondary N) is 1. The summed E-state index contributed by atoms with van der Waals surface area (Å²) in [5.74, 6) is -0.495. The van der Waals surface area contributed by atoms with Gasteiger partial charge in [-0.2, -0.15) is 5.26 Å². The maximum atomic E-state index is 12.8. The van der Waals surface area contributed by atoms with E-state index in [2.05, 4.69) is 5.32 Å². The molecule has 0 saturated heterocycles. The molecule has 0 amide bonds. The second-order valence-corrected chi connectivity index (χ2v) is 6.16. The molecule has 1 aliphatic rings. The molecule has 0 spiro atoms. The third-order valence-corrected chi connectivity index (χ3v) is 4.52. The molecule has 1 N–H and O–H groups in total. The number of carbonyl (C=O) groups is 1. The van der Waals surface area contributed by atoms with E-state index >= 15 is 0 Å². The Hall–Kier alpha value is -3.07. The summed E-state index contributed by atoms with van der Waals surface area (Å²) in [6.07, 6.45) is 2.38. The number of esters is 1. The van der Waals surface area contributed by atoms with Crippen molar-refractivity contribution in [2.75, 3.05) is 11.9 Å². The van der Waals surface area contributed by atoms with Crippen LogP contribution in [0.25, 0.3) is 0 Å². The van der Waals surface area contributed by atoms with Crippen molar-refractivity contribution in [3.63, 3.8) is 0 Å². The molecule has 0 radical (unpaired) electrons.